The van der Waals surface area contributed by atoms with Gasteiger partial charge in [-0.05, 0) is 48.9 Å². The van der Waals surface area contributed by atoms with Crippen molar-refractivity contribution in [3.8, 4) is 0 Å². The summed E-state index contributed by atoms with van der Waals surface area (Å²) in [6.07, 6.45) is 3.15. The third-order valence-corrected chi connectivity index (χ3v) is 8.68. The Balaban J connectivity index is 1.46. The van der Waals surface area contributed by atoms with Crippen molar-refractivity contribution in [2.45, 2.75) is 47.6 Å². The molecule has 1 saturated heterocycles. The number of amides is 1. The van der Waals surface area contributed by atoms with Gasteiger partial charge < -0.3 is 5.32 Å². The van der Waals surface area contributed by atoms with Gasteiger partial charge in [-0.3, -0.25) is 4.79 Å². The smallest absolute Gasteiger partial charge is 0.243 e. The number of benzene rings is 2. The Hall–Kier alpha value is -1.83. The van der Waals surface area contributed by atoms with Crippen LogP contribution in [0.4, 0.5) is 5.69 Å². The van der Waals surface area contributed by atoms with E-state index in [0.717, 1.165) is 24.2 Å². The van der Waals surface area contributed by atoms with Crippen LogP contribution in [0.15, 0.2) is 58.3 Å². The summed E-state index contributed by atoms with van der Waals surface area (Å²) in [5, 5.41) is 3.03. The van der Waals surface area contributed by atoms with Crippen molar-refractivity contribution in [2.24, 2.45) is 5.92 Å². The zero-order valence-electron chi connectivity index (χ0n) is 16.5. The summed E-state index contributed by atoms with van der Waals surface area (Å²) in [5.74, 6) is 0.438. The van der Waals surface area contributed by atoms with E-state index in [1.807, 2.05) is 31.2 Å². The largest absolute Gasteiger partial charge is 0.325 e. The lowest BCUT2D eigenvalue weighted by molar-refractivity contribution is -0.116. The van der Waals surface area contributed by atoms with E-state index >= 15 is 0 Å². The van der Waals surface area contributed by atoms with Gasteiger partial charge in [0.1, 0.15) is 0 Å². The Morgan fingerprint density at radius 2 is 1.83 bits per heavy atom. The zero-order chi connectivity index (χ0) is 20.4. The fraction of sp³-hybridized carbons (Fsp3) is 0.409. The molecule has 1 fully saturated rings. The van der Waals surface area contributed by atoms with Crippen LogP contribution < -0.4 is 5.32 Å². The van der Waals surface area contributed by atoms with Crippen molar-refractivity contribution in [1.29, 1.82) is 0 Å². The standard InChI is InChI=1S/C22H26N2O3S2/c1-16-13-22(25)23-20-15-19(7-8-21(20)28-16)29(26,27)24-11-9-18(10-12-24)14-17-5-3-2-4-6-17/h2-8,15-16,18H,9-14H2,1H3,(H,23,25)/t16-/m1/s1. The van der Waals surface area contributed by atoms with Gasteiger partial charge in [0.2, 0.25) is 15.9 Å². The molecule has 0 saturated carbocycles. The number of anilines is 1. The second-order valence-electron chi connectivity index (χ2n) is 7.88. The second kappa shape index (κ2) is 8.50. The van der Waals surface area contributed by atoms with Crippen LogP contribution in [0, 0.1) is 5.92 Å². The topological polar surface area (TPSA) is 66.5 Å². The molecule has 0 aliphatic carbocycles. The van der Waals surface area contributed by atoms with Gasteiger partial charge in [-0.1, -0.05) is 37.3 Å². The first-order valence-corrected chi connectivity index (χ1v) is 12.4. The lowest BCUT2D eigenvalue weighted by atomic mass is 9.91. The Labute approximate surface area is 176 Å². The zero-order valence-corrected chi connectivity index (χ0v) is 18.1. The van der Waals surface area contributed by atoms with Crippen LogP contribution in [-0.2, 0) is 21.2 Å². The van der Waals surface area contributed by atoms with Gasteiger partial charge in [0.15, 0.2) is 0 Å². The van der Waals surface area contributed by atoms with E-state index in [1.54, 1.807) is 28.2 Å². The van der Waals surface area contributed by atoms with E-state index in [4.69, 9.17) is 0 Å². The Kier molecular flexibility index (Phi) is 5.99. The molecule has 7 heteroatoms. The maximum Gasteiger partial charge on any atom is 0.243 e. The maximum atomic E-state index is 13.2. The van der Waals surface area contributed by atoms with Crippen molar-refractivity contribution >= 4 is 33.4 Å². The first kappa shape index (κ1) is 20.4. The highest BCUT2D eigenvalue weighted by atomic mass is 32.2. The molecule has 1 amide bonds. The molecule has 29 heavy (non-hydrogen) atoms. The van der Waals surface area contributed by atoms with Crippen LogP contribution in [0.5, 0.6) is 0 Å². The van der Waals surface area contributed by atoms with Crippen molar-refractivity contribution in [1.82, 2.24) is 4.31 Å². The van der Waals surface area contributed by atoms with Crippen molar-refractivity contribution < 1.29 is 13.2 Å². The summed E-state index contributed by atoms with van der Waals surface area (Å²) >= 11 is 1.60. The summed E-state index contributed by atoms with van der Waals surface area (Å²) < 4.78 is 27.9. The highest BCUT2D eigenvalue weighted by Crippen LogP contribution is 2.37. The van der Waals surface area contributed by atoms with Gasteiger partial charge in [-0.25, -0.2) is 8.42 Å². The van der Waals surface area contributed by atoms with E-state index < -0.39 is 10.0 Å². The molecule has 2 aromatic rings. The number of nitrogens with zero attached hydrogens (tertiary/aromatic N) is 1. The molecule has 0 spiro atoms. The van der Waals surface area contributed by atoms with Gasteiger partial charge >= 0.3 is 0 Å². The van der Waals surface area contributed by atoms with E-state index in [1.165, 1.54) is 5.56 Å². The molecule has 1 N–H and O–H groups in total. The minimum Gasteiger partial charge on any atom is -0.325 e. The van der Waals surface area contributed by atoms with Crippen LogP contribution in [-0.4, -0.2) is 37.0 Å². The van der Waals surface area contributed by atoms with Crippen LogP contribution in [0.3, 0.4) is 0 Å². The minimum atomic E-state index is -3.56. The summed E-state index contributed by atoms with van der Waals surface area (Å²) in [4.78, 5) is 13.2. The number of fused-ring (bicyclic) bond motifs is 1. The molecule has 0 unspecified atom stereocenters. The molecule has 0 aromatic heterocycles. The van der Waals surface area contributed by atoms with Crippen LogP contribution in [0.1, 0.15) is 31.7 Å². The monoisotopic (exact) mass is 430 g/mol. The number of nitrogens with one attached hydrogen (secondary N) is 1. The third kappa shape index (κ3) is 4.68. The van der Waals surface area contributed by atoms with Gasteiger partial charge in [0, 0.05) is 29.7 Å². The molecule has 2 aliphatic heterocycles. The Morgan fingerprint density at radius 1 is 1.10 bits per heavy atom. The summed E-state index contributed by atoms with van der Waals surface area (Å²) in [6, 6.07) is 15.5. The van der Waals surface area contributed by atoms with Crippen LogP contribution in [0.2, 0.25) is 0 Å². The highest BCUT2D eigenvalue weighted by molar-refractivity contribution is 8.00. The molecule has 4 rings (SSSR count). The molecule has 2 aliphatic rings. The number of thioether (sulfide) groups is 1. The minimum absolute atomic E-state index is 0.0694. The number of piperidine rings is 1. The fourth-order valence-electron chi connectivity index (χ4n) is 4.04. The van der Waals surface area contributed by atoms with Crippen molar-refractivity contribution in [3.63, 3.8) is 0 Å². The number of sulfonamides is 1. The van der Waals surface area contributed by atoms with E-state index in [0.29, 0.717) is 31.1 Å². The number of hydrogen-bond acceptors (Lipinski definition) is 4. The molecule has 0 radical (unpaired) electrons. The van der Waals surface area contributed by atoms with Gasteiger partial charge in [0.05, 0.1) is 10.6 Å². The first-order chi connectivity index (χ1) is 13.9. The Bertz CT molecular complexity index is 984. The SMILES string of the molecule is C[C@@H]1CC(=O)Nc2cc(S(=O)(=O)N3CCC(Cc4ccccc4)CC3)ccc2S1. The predicted molar refractivity (Wildman–Crippen MR) is 117 cm³/mol. The summed E-state index contributed by atoms with van der Waals surface area (Å²) in [6.45, 7) is 3.08. The first-order valence-electron chi connectivity index (χ1n) is 10.1. The lowest BCUT2D eigenvalue weighted by Crippen LogP contribution is -2.38. The molecular formula is C22H26N2O3S2. The van der Waals surface area contributed by atoms with Crippen LogP contribution >= 0.6 is 11.8 Å². The van der Waals surface area contributed by atoms with Crippen molar-refractivity contribution in [2.75, 3.05) is 18.4 Å². The molecule has 2 aromatic carbocycles. The lowest BCUT2D eigenvalue weighted by Gasteiger charge is -2.31. The molecule has 0 bridgehead atoms. The average molecular weight is 431 g/mol. The molecular weight excluding hydrogens is 404 g/mol. The predicted octanol–water partition coefficient (Wildman–Crippen LogP) is 4.15. The maximum absolute atomic E-state index is 13.2. The average Bonchev–Trinajstić information content (AvgIpc) is 2.84. The molecule has 2 heterocycles. The third-order valence-electron chi connectivity index (χ3n) is 5.60. The van der Waals surface area contributed by atoms with Crippen molar-refractivity contribution in [3.05, 3.63) is 54.1 Å². The van der Waals surface area contributed by atoms with Gasteiger partial charge in [-0.2, -0.15) is 4.31 Å². The molecule has 5 nitrogen and oxygen atoms in total. The van der Waals surface area contributed by atoms with Gasteiger partial charge in [-0.15, -0.1) is 11.8 Å². The second-order valence-corrected chi connectivity index (χ2v) is 11.3. The van der Waals surface area contributed by atoms with E-state index in [9.17, 15) is 13.2 Å². The quantitative estimate of drug-likeness (QED) is 0.791. The number of hydrogen-bond donors (Lipinski definition) is 1. The van der Waals surface area contributed by atoms with Crippen LogP contribution in [0.25, 0.3) is 0 Å². The Morgan fingerprint density at radius 3 is 2.55 bits per heavy atom. The molecule has 1 atom stereocenters. The number of carbonyl (C=O) groups excluding carboxylic acids is 1. The van der Waals surface area contributed by atoms with Gasteiger partial charge in [0.25, 0.3) is 0 Å². The molecule has 154 valence electrons. The van der Waals surface area contributed by atoms with E-state index in [-0.39, 0.29) is 16.1 Å². The normalized spacial score (nSPS) is 21.3. The fourth-order valence-corrected chi connectivity index (χ4v) is 6.59. The number of carbonyl (C=O) groups is 1. The highest BCUT2D eigenvalue weighted by Gasteiger charge is 2.30. The number of rotatable bonds is 4. The summed E-state index contributed by atoms with van der Waals surface area (Å²) in [7, 11) is -3.56. The van der Waals surface area contributed by atoms with E-state index in [2.05, 4.69) is 17.4 Å². The summed E-state index contributed by atoms with van der Waals surface area (Å²) in [5.41, 5.74) is 1.91.